The molecule has 1 aromatic heterocycles. The van der Waals surface area contributed by atoms with E-state index in [9.17, 15) is 4.79 Å². The van der Waals surface area contributed by atoms with E-state index in [2.05, 4.69) is 53.5 Å². The molecule has 26 heavy (non-hydrogen) atoms. The molecule has 140 valence electrons. The highest BCUT2D eigenvalue weighted by molar-refractivity contribution is 5.76. The van der Waals surface area contributed by atoms with Crippen LogP contribution in [0.1, 0.15) is 51.0 Å². The number of likely N-dealkylation sites (tertiary alicyclic amines) is 1. The Labute approximate surface area is 155 Å². The van der Waals surface area contributed by atoms with Crippen molar-refractivity contribution in [2.24, 2.45) is 0 Å². The summed E-state index contributed by atoms with van der Waals surface area (Å²) in [5, 5.41) is 7.67. The summed E-state index contributed by atoms with van der Waals surface area (Å²) in [7, 11) is 0. The van der Waals surface area contributed by atoms with Gasteiger partial charge in [-0.3, -0.25) is 9.48 Å². The summed E-state index contributed by atoms with van der Waals surface area (Å²) in [6.45, 7) is 6.80. The van der Waals surface area contributed by atoms with Crippen LogP contribution in [-0.4, -0.2) is 44.7 Å². The van der Waals surface area contributed by atoms with Crippen molar-refractivity contribution in [1.82, 2.24) is 19.7 Å². The summed E-state index contributed by atoms with van der Waals surface area (Å²) < 4.78 is 1.77. The van der Waals surface area contributed by atoms with Gasteiger partial charge in [0.05, 0.1) is 0 Å². The Morgan fingerprint density at radius 1 is 1.31 bits per heavy atom. The highest BCUT2D eigenvalue weighted by atomic mass is 16.2. The molecule has 1 amide bonds. The molecule has 3 rings (SSSR count). The number of amides is 1. The number of aromatic nitrogens is 3. The van der Waals surface area contributed by atoms with Crippen LogP contribution in [0.25, 0.3) is 0 Å². The fourth-order valence-electron chi connectivity index (χ4n) is 3.42. The zero-order valence-corrected chi connectivity index (χ0v) is 15.8. The maximum atomic E-state index is 12.5. The highest BCUT2D eigenvalue weighted by Crippen LogP contribution is 2.20. The normalized spacial score (nSPS) is 17.5. The van der Waals surface area contributed by atoms with E-state index in [-0.39, 0.29) is 5.91 Å². The number of carbonyl (C=O) groups excluding carboxylic acids is 1. The molecule has 6 nitrogen and oxygen atoms in total. The molecule has 2 aromatic rings. The number of rotatable bonds is 7. The number of carbonyl (C=O) groups is 1. The fourth-order valence-corrected chi connectivity index (χ4v) is 3.42. The maximum absolute atomic E-state index is 12.5. The standard InChI is InChI=1S/C20H29N5O/c1-16(2)17-7-9-18(10-8-17)23-19-5-3-11-24(13-19)20(26)6-4-12-25-15-21-14-22-25/h7-10,14-16,19,23H,3-6,11-13H2,1-2H3/t19-/m1/s1. The third-order valence-electron chi connectivity index (χ3n) is 4.97. The van der Waals surface area contributed by atoms with Gasteiger partial charge >= 0.3 is 0 Å². The van der Waals surface area contributed by atoms with Crippen LogP contribution in [0.2, 0.25) is 0 Å². The maximum Gasteiger partial charge on any atom is 0.222 e. The van der Waals surface area contributed by atoms with Gasteiger partial charge in [-0.05, 0) is 42.9 Å². The lowest BCUT2D eigenvalue weighted by Gasteiger charge is -2.34. The van der Waals surface area contributed by atoms with E-state index < -0.39 is 0 Å². The van der Waals surface area contributed by atoms with Crippen molar-refractivity contribution in [3.8, 4) is 0 Å². The van der Waals surface area contributed by atoms with E-state index >= 15 is 0 Å². The Balaban J connectivity index is 1.46. The summed E-state index contributed by atoms with van der Waals surface area (Å²) in [5.74, 6) is 0.788. The van der Waals surface area contributed by atoms with Gasteiger partial charge in [0.15, 0.2) is 0 Å². The van der Waals surface area contributed by atoms with Crippen molar-refractivity contribution in [3.63, 3.8) is 0 Å². The molecule has 0 aliphatic carbocycles. The number of nitrogens with zero attached hydrogens (tertiary/aromatic N) is 4. The van der Waals surface area contributed by atoms with Crippen LogP contribution in [0.5, 0.6) is 0 Å². The second-order valence-electron chi connectivity index (χ2n) is 7.36. The summed E-state index contributed by atoms with van der Waals surface area (Å²) >= 11 is 0. The number of aryl methyl sites for hydroxylation is 1. The van der Waals surface area contributed by atoms with E-state index in [0.717, 1.165) is 44.6 Å². The molecule has 2 heterocycles. The van der Waals surface area contributed by atoms with E-state index in [1.807, 2.05) is 4.90 Å². The van der Waals surface area contributed by atoms with Crippen molar-refractivity contribution in [2.75, 3.05) is 18.4 Å². The molecule has 1 aliphatic rings. The van der Waals surface area contributed by atoms with Gasteiger partial charge in [0.2, 0.25) is 5.91 Å². The van der Waals surface area contributed by atoms with Crippen LogP contribution in [0.3, 0.4) is 0 Å². The summed E-state index contributed by atoms with van der Waals surface area (Å²) in [5.41, 5.74) is 2.49. The molecule has 1 N–H and O–H groups in total. The van der Waals surface area contributed by atoms with E-state index in [0.29, 0.717) is 18.4 Å². The Kier molecular flexibility index (Phi) is 6.26. The molecule has 1 aromatic carbocycles. The molecule has 0 spiro atoms. The van der Waals surface area contributed by atoms with Crippen molar-refractivity contribution in [2.45, 2.75) is 58.0 Å². The van der Waals surface area contributed by atoms with Crippen LogP contribution in [0, 0.1) is 0 Å². The second-order valence-corrected chi connectivity index (χ2v) is 7.36. The molecule has 0 saturated carbocycles. The first-order chi connectivity index (χ1) is 12.6. The third kappa shape index (κ3) is 5.07. The van der Waals surface area contributed by atoms with Crippen molar-refractivity contribution in [3.05, 3.63) is 42.5 Å². The number of benzene rings is 1. The number of nitrogens with one attached hydrogen (secondary N) is 1. The number of hydrogen-bond acceptors (Lipinski definition) is 4. The van der Waals surface area contributed by atoms with Gasteiger partial charge in [0, 0.05) is 37.8 Å². The van der Waals surface area contributed by atoms with Crippen LogP contribution < -0.4 is 5.32 Å². The first-order valence-corrected chi connectivity index (χ1v) is 9.58. The van der Waals surface area contributed by atoms with Crippen molar-refractivity contribution in [1.29, 1.82) is 0 Å². The number of piperidine rings is 1. The highest BCUT2D eigenvalue weighted by Gasteiger charge is 2.23. The predicted molar refractivity (Wildman–Crippen MR) is 103 cm³/mol. The van der Waals surface area contributed by atoms with Gasteiger partial charge in [-0.15, -0.1) is 0 Å². The quantitative estimate of drug-likeness (QED) is 0.828. The molecule has 1 aliphatic heterocycles. The van der Waals surface area contributed by atoms with Crippen LogP contribution in [0.4, 0.5) is 5.69 Å². The minimum atomic E-state index is 0.242. The Bertz CT molecular complexity index is 681. The topological polar surface area (TPSA) is 63.1 Å². The average Bonchev–Trinajstić information content (AvgIpc) is 3.16. The summed E-state index contributed by atoms with van der Waals surface area (Å²) in [6, 6.07) is 8.99. The summed E-state index contributed by atoms with van der Waals surface area (Å²) in [6.07, 6.45) is 6.74. The SMILES string of the molecule is CC(C)c1ccc(N[C@@H]2CCCN(C(=O)CCCn3cncn3)C2)cc1. The Morgan fingerprint density at radius 2 is 2.12 bits per heavy atom. The van der Waals surface area contributed by atoms with Gasteiger partial charge in [-0.2, -0.15) is 5.10 Å². The van der Waals surface area contributed by atoms with Gasteiger partial charge in [-0.1, -0.05) is 26.0 Å². The number of hydrogen-bond donors (Lipinski definition) is 1. The lowest BCUT2D eigenvalue weighted by molar-refractivity contribution is -0.132. The minimum absolute atomic E-state index is 0.242. The van der Waals surface area contributed by atoms with Crippen molar-refractivity contribution < 1.29 is 4.79 Å². The van der Waals surface area contributed by atoms with E-state index in [4.69, 9.17) is 0 Å². The molecule has 1 saturated heterocycles. The van der Waals surface area contributed by atoms with Crippen LogP contribution in [-0.2, 0) is 11.3 Å². The van der Waals surface area contributed by atoms with Gasteiger partial charge in [0.1, 0.15) is 12.7 Å². The molecule has 0 bridgehead atoms. The van der Waals surface area contributed by atoms with E-state index in [1.54, 1.807) is 11.0 Å². The first kappa shape index (κ1) is 18.4. The lowest BCUT2D eigenvalue weighted by atomic mass is 10.0. The Hall–Kier alpha value is -2.37. The van der Waals surface area contributed by atoms with Gasteiger partial charge < -0.3 is 10.2 Å². The average molecular weight is 355 g/mol. The molecule has 1 atom stereocenters. The van der Waals surface area contributed by atoms with Gasteiger partial charge in [-0.25, -0.2) is 4.98 Å². The zero-order valence-electron chi connectivity index (χ0n) is 15.8. The third-order valence-corrected chi connectivity index (χ3v) is 4.97. The fraction of sp³-hybridized carbons (Fsp3) is 0.550. The van der Waals surface area contributed by atoms with E-state index in [1.165, 1.54) is 11.9 Å². The Morgan fingerprint density at radius 3 is 2.81 bits per heavy atom. The minimum Gasteiger partial charge on any atom is -0.381 e. The largest absolute Gasteiger partial charge is 0.381 e. The van der Waals surface area contributed by atoms with Gasteiger partial charge in [0.25, 0.3) is 0 Å². The summed E-state index contributed by atoms with van der Waals surface area (Å²) in [4.78, 5) is 18.4. The molecule has 0 radical (unpaired) electrons. The molecule has 1 fully saturated rings. The lowest BCUT2D eigenvalue weighted by Crippen LogP contribution is -2.45. The smallest absolute Gasteiger partial charge is 0.222 e. The molecular formula is C20H29N5O. The zero-order chi connectivity index (χ0) is 18.4. The van der Waals surface area contributed by atoms with Crippen LogP contribution in [0.15, 0.2) is 36.9 Å². The second kappa shape index (κ2) is 8.83. The number of anilines is 1. The molecular weight excluding hydrogens is 326 g/mol. The van der Waals surface area contributed by atoms with Crippen molar-refractivity contribution >= 4 is 11.6 Å². The molecule has 6 heteroatoms. The first-order valence-electron chi connectivity index (χ1n) is 9.58. The monoisotopic (exact) mass is 355 g/mol. The van der Waals surface area contributed by atoms with Crippen LogP contribution >= 0.6 is 0 Å². The molecule has 0 unspecified atom stereocenters. The predicted octanol–water partition coefficient (Wildman–Crippen LogP) is 3.28.